The zero-order chi connectivity index (χ0) is 6.69. The highest BCUT2D eigenvalue weighted by Gasteiger charge is 2.10. The Labute approximate surface area is 56.9 Å². The van der Waals surface area contributed by atoms with Gasteiger partial charge in [0.05, 0.1) is 0 Å². The summed E-state index contributed by atoms with van der Waals surface area (Å²) in [5.74, 6) is 0. The van der Waals surface area contributed by atoms with E-state index in [1.165, 1.54) is 25.7 Å². The van der Waals surface area contributed by atoms with E-state index in [1.54, 1.807) is 5.57 Å². The Kier molecular flexibility index (Phi) is 2.29. The molecule has 2 N–H and O–H groups in total. The standard InChI is InChI=1S/C8H15N/c1-2-7-3-5-8(9)6-4-7/h2,8H,3-6,9H2,1H3. The van der Waals surface area contributed by atoms with Crippen LogP contribution >= 0.6 is 0 Å². The first-order chi connectivity index (χ1) is 4.33. The van der Waals surface area contributed by atoms with E-state index in [9.17, 15) is 0 Å². The Morgan fingerprint density at radius 2 is 2.00 bits per heavy atom. The van der Waals surface area contributed by atoms with Crippen LogP contribution in [-0.2, 0) is 0 Å². The second-order valence-electron chi connectivity index (χ2n) is 2.78. The molecule has 0 bridgehead atoms. The monoisotopic (exact) mass is 125 g/mol. The summed E-state index contributed by atoms with van der Waals surface area (Å²) in [6.07, 6.45) is 7.08. The van der Waals surface area contributed by atoms with Crippen molar-refractivity contribution in [3.8, 4) is 0 Å². The lowest BCUT2D eigenvalue weighted by Gasteiger charge is -2.19. The fourth-order valence-corrected chi connectivity index (χ4v) is 1.30. The Balaban J connectivity index is 2.35. The lowest BCUT2D eigenvalue weighted by atomic mass is 9.91. The summed E-state index contributed by atoms with van der Waals surface area (Å²) in [4.78, 5) is 0. The summed E-state index contributed by atoms with van der Waals surface area (Å²) in [5.41, 5.74) is 7.32. The van der Waals surface area contributed by atoms with E-state index < -0.39 is 0 Å². The van der Waals surface area contributed by atoms with Crippen LogP contribution in [0, 0.1) is 0 Å². The average Bonchev–Trinajstić information content (AvgIpc) is 1.90. The topological polar surface area (TPSA) is 26.0 Å². The lowest BCUT2D eigenvalue weighted by molar-refractivity contribution is 0.511. The molecule has 0 unspecified atom stereocenters. The van der Waals surface area contributed by atoms with Crippen LogP contribution in [0.25, 0.3) is 0 Å². The quantitative estimate of drug-likeness (QED) is 0.491. The van der Waals surface area contributed by atoms with Crippen molar-refractivity contribution in [1.82, 2.24) is 0 Å². The van der Waals surface area contributed by atoms with E-state index in [2.05, 4.69) is 13.0 Å². The highest BCUT2D eigenvalue weighted by atomic mass is 14.6. The largest absolute Gasteiger partial charge is 0.328 e. The smallest absolute Gasteiger partial charge is 0.00449 e. The van der Waals surface area contributed by atoms with Crippen molar-refractivity contribution >= 4 is 0 Å². The fraction of sp³-hybridized carbons (Fsp3) is 0.750. The van der Waals surface area contributed by atoms with Crippen molar-refractivity contribution in [2.75, 3.05) is 0 Å². The number of rotatable bonds is 0. The van der Waals surface area contributed by atoms with Gasteiger partial charge in [-0.2, -0.15) is 0 Å². The maximum Gasteiger partial charge on any atom is 0.00449 e. The SMILES string of the molecule is CC=C1CCC(N)CC1. The summed E-state index contributed by atoms with van der Waals surface area (Å²) in [6.45, 7) is 2.12. The van der Waals surface area contributed by atoms with E-state index in [-0.39, 0.29) is 0 Å². The summed E-state index contributed by atoms with van der Waals surface area (Å²) < 4.78 is 0. The van der Waals surface area contributed by atoms with Crippen molar-refractivity contribution in [2.45, 2.75) is 38.6 Å². The second kappa shape index (κ2) is 3.02. The van der Waals surface area contributed by atoms with Crippen LogP contribution in [-0.4, -0.2) is 6.04 Å². The molecule has 1 nitrogen and oxygen atoms in total. The first-order valence-corrected chi connectivity index (χ1v) is 3.72. The predicted molar refractivity (Wildman–Crippen MR) is 40.2 cm³/mol. The first-order valence-electron chi connectivity index (χ1n) is 3.72. The van der Waals surface area contributed by atoms with Crippen molar-refractivity contribution in [1.29, 1.82) is 0 Å². The second-order valence-corrected chi connectivity index (χ2v) is 2.78. The van der Waals surface area contributed by atoms with Crippen LogP contribution in [0.15, 0.2) is 11.6 Å². The van der Waals surface area contributed by atoms with Crippen LogP contribution < -0.4 is 5.73 Å². The van der Waals surface area contributed by atoms with E-state index in [0.717, 1.165) is 0 Å². The predicted octanol–water partition coefficient (Wildman–Crippen LogP) is 1.83. The molecule has 1 saturated carbocycles. The van der Waals surface area contributed by atoms with Crippen molar-refractivity contribution in [2.24, 2.45) is 5.73 Å². The van der Waals surface area contributed by atoms with E-state index >= 15 is 0 Å². The summed E-state index contributed by atoms with van der Waals surface area (Å²) in [6, 6.07) is 0.480. The van der Waals surface area contributed by atoms with Gasteiger partial charge in [-0.15, -0.1) is 0 Å². The molecule has 52 valence electrons. The van der Waals surface area contributed by atoms with Crippen molar-refractivity contribution in [3.05, 3.63) is 11.6 Å². The molecule has 0 aromatic heterocycles. The fourth-order valence-electron chi connectivity index (χ4n) is 1.30. The molecule has 1 aliphatic carbocycles. The third-order valence-corrected chi connectivity index (χ3v) is 2.08. The van der Waals surface area contributed by atoms with Crippen molar-refractivity contribution in [3.63, 3.8) is 0 Å². The zero-order valence-electron chi connectivity index (χ0n) is 6.06. The number of allylic oxidation sites excluding steroid dienone is 2. The molecule has 1 rings (SSSR count). The van der Waals surface area contributed by atoms with Gasteiger partial charge in [-0.3, -0.25) is 0 Å². The van der Waals surface area contributed by atoms with Gasteiger partial charge in [0.1, 0.15) is 0 Å². The number of hydrogen-bond acceptors (Lipinski definition) is 1. The Hall–Kier alpha value is -0.300. The molecule has 0 aromatic carbocycles. The molecule has 0 saturated heterocycles. The minimum atomic E-state index is 0.480. The normalized spacial score (nSPS) is 28.2. The Morgan fingerprint density at radius 1 is 1.44 bits per heavy atom. The van der Waals surface area contributed by atoms with Gasteiger partial charge in [-0.25, -0.2) is 0 Å². The van der Waals surface area contributed by atoms with Crippen LogP contribution in [0.3, 0.4) is 0 Å². The Morgan fingerprint density at radius 3 is 2.44 bits per heavy atom. The molecular formula is C8H15N. The van der Waals surface area contributed by atoms with Crippen LogP contribution in [0.5, 0.6) is 0 Å². The molecule has 1 aliphatic rings. The molecule has 0 heterocycles. The molecule has 0 spiro atoms. The van der Waals surface area contributed by atoms with Crippen LogP contribution in [0.2, 0.25) is 0 Å². The number of nitrogens with two attached hydrogens (primary N) is 1. The van der Waals surface area contributed by atoms with Gasteiger partial charge >= 0.3 is 0 Å². The highest BCUT2D eigenvalue weighted by Crippen LogP contribution is 2.21. The summed E-state index contributed by atoms with van der Waals surface area (Å²) >= 11 is 0. The zero-order valence-corrected chi connectivity index (χ0v) is 6.06. The molecule has 0 amide bonds. The van der Waals surface area contributed by atoms with Gasteiger partial charge in [0.25, 0.3) is 0 Å². The first kappa shape index (κ1) is 6.81. The van der Waals surface area contributed by atoms with E-state index in [1.807, 2.05) is 0 Å². The van der Waals surface area contributed by atoms with Gasteiger partial charge < -0.3 is 5.73 Å². The third-order valence-electron chi connectivity index (χ3n) is 2.08. The van der Waals surface area contributed by atoms with E-state index in [4.69, 9.17) is 5.73 Å². The van der Waals surface area contributed by atoms with E-state index in [0.29, 0.717) is 6.04 Å². The molecular weight excluding hydrogens is 110 g/mol. The molecule has 0 aliphatic heterocycles. The third kappa shape index (κ3) is 1.83. The highest BCUT2D eigenvalue weighted by molar-refractivity contribution is 5.04. The minimum absolute atomic E-state index is 0.480. The Bertz CT molecular complexity index is 106. The maximum absolute atomic E-state index is 5.72. The van der Waals surface area contributed by atoms with Gasteiger partial charge in [0.15, 0.2) is 0 Å². The van der Waals surface area contributed by atoms with Gasteiger partial charge in [0.2, 0.25) is 0 Å². The van der Waals surface area contributed by atoms with Crippen molar-refractivity contribution < 1.29 is 0 Å². The minimum Gasteiger partial charge on any atom is -0.328 e. The summed E-state index contributed by atoms with van der Waals surface area (Å²) in [7, 11) is 0. The molecule has 1 heteroatoms. The van der Waals surface area contributed by atoms with Crippen LogP contribution in [0.1, 0.15) is 32.6 Å². The van der Waals surface area contributed by atoms with Gasteiger partial charge in [-0.1, -0.05) is 11.6 Å². The maximum atomic E-state index is 5.72. The molecule has 0 radical (unpaired) electrons. The average molecular weight is 125 g/mol. The summed E-state index contributed by atoms with van der Waals surface area (Å²) in [5, 5.41) is 0. The molecule has 9 heavy (non-hydrogen) atoms. The van der Waals surface area contributed by atoms with Gasteiger partial charge in [0, 0.05) is 6.04 Å². The van der Waals surface area contributed by atoms with Gasteiger partial charge in [-0.05, 0) is 32.6 Å². The molecule has 0 atom stereocenters. The molecule has 1 fully saturated rings. The number of hydrogen-bond donors (Lipinski definition) is 1. The molecule has 0 aromatic rings. The van der Waals surface area contributed by atoms with Crippen LogP contribution in [0.4, 0.5) is 0 Å². The lowest BCUT2D eigenvalue weighted by Crippen LogP contribution is -2.23.